The molecule has 0 aliphatic heterocycles. The van der Waals surface area contributed by atoms with Crippen LogP contribution in [0.3, 0.4) is 0 Å². The Morgan fingerprint density at radius 1 is 1.00 bits per heavy atom. The van der Waals surface area contributed by atoms with E-state index < -0.39 is 11.6 Å². The number of amides is 2. The van der Waals surface area contributed by atoms with Gasteiger partial charge in [-0.15, -0.1) is 5.10 Å². The molecule has 0 spiro atoms. The summed E-state index contributed by atoms with van der Waals surface area (Å²) in [4.78, 5) is 45.2. The molecule has 2 aromatic carbocycles. The first-order valence-electron chi connectivity index (χ1n) is 12.1. The lowest BCUT2D eigenvalue weighted by molar-refractivity contribution is -0.128. The molecule has 2 amide bonds. The smallest absolute Gasteiger partial charge is 0.249 e. The summed E-state index contributed by atoms with van der Waals surface area (Å²) < 4.78 is 1.52. The molecule has 0 aliphatic carbocycles. The van der Waals surface area contributed by atoms with Crippen molar-refractivity contribution in [3.05, 3.63) is 84.2 Å². The second-order valence-corrected chi connectivity index (χ2v) is 9.51. The van der Waals surface area contributed by atoms with Gasteiger partial charge in [0.05, 0.1) is 5.52 Å². The molecule has 9 nitrogen and oxygen atoms in total. The van der Waals surface area contributed by atoms with Crippen molar-refractivity contribution in [2.75, 3.05) is 4.90 Å². The van der Waals surface area contributed by atoms with Crippen molar-refractivity contribution in [1.29, 1.82) is 0 Å². The normalized spacial score (nSPS) is 12.2. The SMILES string of the molecule is CCC(C)(C)NC(=O)[C@@H](c1ccncc1)N(C(=O)Cn1nnc2ccccc21)c1ccc(C(C)=O)cc1. The fourth-order valence-electron chi connectivity index (χ4n) is 3.99. The summed E-state index contributed by atoms with van der Waals surface area (Å²) in [7, 11) is 0. The van der Waals surface area contributed by atoms with Crippen molar-refractivity contribution in [2.24, 2.45) is 0 Å². The average Bonchev–Trinajstić information content (AvgIpc) is 3.30. The van der Waals surface area contributed by atoms with Crippen LogP contribution in [0.2, 0.25) is 0 Å². The molecule has 0 saturated heterocycles. The summed E-state index contributed by atoms with van der Waals surface area (Å²) in [5.74, 6) is -0.783. The van der Waals surface area contributed by atoms with E-state index in [0.717, 1.165) is 0 Å². The van der Waals surface area contributed by atoms with Gasteiger partial charge in [-0.05, 0) is 81.3 Å². The fourth-order valence-corrected chi connectivity index (χ4v) is 3.99. The van der Waals surface area contributed by atoms with E-state index in [9.17, 15) is 14.4 Å². The number of hydrogen-bond donors (Lipinski definition) is 1. The molecule has 0 bridgehead atoms. The Balaban J connectivity index is 1.81. The van der Waals surface area contributed by atoms with E-state index >= 15 is 0 Å². The van der Waals surface area contributed by atoms with Crippen LogP contribution < -0.4 is 10.2 Å². The highest BCUT2D eigenvalue weighted by Gasteiger charge is 2.35. The van der Waals surface area contributed by atoms with E-state index in [1.807, 2.05) is 45.0 Å². The molecule has 2 heterocycles. The number of para-hydroxylation sites is 1. The summed E-state index contributed by atoms with van der Waals surface area (Å²) in [6, 6.07) is 16.5. The molecule has 0 unspecified atom stereocenters. The summed E-state index contributed by atoms with van der Waals surface area (Å²) in [6.07, 6.45) is 3.88. The molecule has 4 rings (SSSR count). The predicted molar refractivity (Wildman–Crippen MR) is 141 cm³/mol. The molecule has 1 N–H and O–H groups in total. The highest BCUT2D eigenvalue weighted by atomic mass is 16.2. The third-order valence-corrected chi connectivity index (χ3v) is 6.40. The van der Waals surface area contributed by atoms with Crippen molar-refractivity contribution in [3.63, 3.8) is 0 Å². The molecule has 9 heteroatoms. The number of aromatic nitrogens is 4. The van der Waals surface area contributed by atoms with Crippen molar-refractivity contribution in [1.82, 2.24) is 25.3 Å². The van der Waals surface area contributed by atoms with Gasteiger partial charge in [-0.2, -0.15) is 0 Å². The predicted octanol–water partition coefficient (Wildman–Crippen LogP) is 4.11. The van der Waals surface area contributed by atoms with E-state index in [-0.39, 0.29) is 24.1 Å². The minimum atomic E-state index is -0.987. The van der Waals surface area contributed by atoms with Gasteiger partial charge in [0.25, 0.3) is 0 Å². The lowest BCUT2D eigenvalue weighted by atomic mass is 9.98. The first kappa shape index (κ1) is 25.7. The summed E-state index contributed by atoms with van der Waals surface area (Å²) in [5.41, 5.74) is 2.48. The van der Waals surface area contributed by atoms with Gasteiger partial charge in [-0.25, -0.2) is 4.68 Å². The highest BCUT2D eigenvalue weighted by Crippen LogP contribution is 2.30. The number of benzene rings is 2. The van der Waals surface area contributed by atoms with E-state index in [1.165, 1.54) is 16.5 Å². The third-order valence-electron chi connectivity index (χ3n) is 6.40. The van der Waals surface area contributed by atoms with Gasteiger partial charge in [0.15, 0.2) is 5.78 Å². The second kappa shape index (κ2) is 10.7. The fraction of sp³-hybridized carbons (Fsp3) is 0.286. The topological polar surface area (TPSA) is 110 Å². The second-order valence-electron chi connectivity index (χ2n) is 9.51. The van der Waals surface area contributed by atoms with Gasteiger partial charge in [0.1, 0.15) is 18.1 Å². The van der Waals surface area contributed by atoms with Crippen LogP contribution in [0.25, 0.3) is 11.0 Å². The molecule has 0 fully saturated rings. The minimum absolute atomic E-state index is 0.0911. The number of carbonyl (C=O) groups is 3. The zero-order valence-corrected chi connectivity index (χ0v) is 21.4. The van der Waals surface area contributed by atoms with Crippen LogP contribution in [-0.2, 0) is 16.1 Å². The molecule has 0 aliphatic rings. The van der Waals surface area contributed by atoms with Crippen LogP contribution in [0.1, 0.15) is 56.1 Å². The molecule has 2 aromatic heterocycles. The largest absolute Gasteiger partial charge is 0.349 e. The van der Waals surface area contributed by atoms with Crippen molar-refractivity contribution in [2.45, 2.75) is 52.2 Å². The van der Waals surface area contributed by atoms with E-state index in [4.69, 9.17) is 0 Å². The monoisotopic (exact) mass is 498 g/mol. The van der Waals surface area contributed by atoms with Crippen LogP contribution >= 0.6 is 0 Å². The third kappa shape index (κ3) is 5.72. The Morgan fingerprint density at radius 2 is 1.68 bits per heavy atom. The number of ketones is 1. The lowest BCUT2D eigenvalue weighted by Crippen LogP contribution is -2.51. The van der Waals surface area contributed by atoms with Gasteiger partial charge in [-0.3, -0.25) is 24.3 Å². The van der Waals surface area contributed by atoms with Crippen LogP contribution in [0, 0.1) is 0 Å². The first-order chi connectivity index (χ1) is 17.7. The number of carbonyl (C=O) groups excluding carboxylic acids is 3. The Labute approximate surface area is 215 Å². The summed E-state index contributed by atoms with van der Waals surface area (Å²) >= 11 is 0. The number of nitrogens with zero attached hydrogens (tertiary/aromatic N) is 5. The zero-order chi connectivity index (χ0) is 26.6. The number of hydrogen-bond acceptors (Lipinski definition) is 6. The number of fused-ring (bicyclic) bond motifs is 1. The standard InChI is InChI=1S/C28H30N6O3/c1-5-28(3,4)30-27(37)26(21-14-16-29-17-15-21)34(22-12-10-20(11-13-22)19(2)35)25(36)18-33-24-9-7-6-8-23(24)31-32-33/h6-17,26H,5,18H2,1-4H3,(H,30,37)/t26-/m1/s1. The minimum Gasteiger partial charge on any atom is -0.349 e. The number of anilines is 1. The zero-order valence-electron chi connectivity index (χ0n) is 21.4. The Bertz CT molecular complexity index is 1410. The molecule has 37 heavy (non-hydrogen) atoms. The average molecular weight is 499 g/mol. The Morgan fingerprint density at radius 3 is 2.32 bits per heavy atom. The van der Waals surface area contributed by atoms with Crippen molar-refractivity contribution in [3.8, 4) is 0 Å². The molecular formula is C28H30N6O3. The lowest BCUT2D eigenvalue weighted by Gasteiger charge is -2.34. The summed E-state index contributed by atoms with van der Waals surface area (Å²) in [5, 5.41) is 11.4. The van der Waals surface area contributed by atoms with Crippen molar-refractivity contribution < 1.29 is 14.4 Å². The maximum absolute atomic E-state index is 14.0. The number of pyridine rings is 1. The number of Topliss-reactive ketones (excluding diaryl/α,β-unsaturated/α-hetero) is 1. The maximum atomic E-state index is 14.0. The first-order valence-corrected chi connectivity index (χ1v) is 12.1. The Hall–Kier alpha value is -4.40. The molecule has 4 aromatic rings. The van der Waals surface area contributed by atoms with Gasteiger partial charge >= 0.3 is 0 Å². The molecule has 190 valence electrons. The molecule has 0 radical (unpaired) electrons. The van der Waals surface area contributed by atoms with Crippen LogP contribution in [0.5, 0.6) is 0 Å². The molecule has 1 atom stereocenters. The van der Waals surface area contributed by atoms with Crippen LogP contribution in [0.15, 0.2) is 73.1 Å². The quantitative estimate of drug-likeness (QED) is 0.348. The van der Waals surface area contributed by atoms with Gasteiger partial charge in [0.2, 0.25) is 11.8 Å². The van der Waals surface area contributed by atoms with E-state index in [1.54, 1.807) is 48.8 Å². The van der Waals surface area contributed by atoms with Gasteiger partial charge in [0, 0.05) is 29.2 Å². The van der Waals surface area contributed by atoms with E-state index in [2.05, 4.69) is 20.6 Å². The van der Waals surface area contributed by atoms with Gasteiger partial charge in [-0.1, -0.05) is 24.3 Å². The van der Waals surface area contributed by atoms with Crippen LogP contribution in [-0.4, -0.2) is 43.1 Å². The maximum Gasteiger partial charge on any atom is 0.249 e. The number of nitrogens with one attached hydrogen (secondary N) is 1. The highest BCUT2D eigenvalue weighted by molar-refractivity contribution is 6.02. The summed E-state index contributed by atoms with van der Waals surface area (Å²) in [6.45, 7) is 7.20. The Kier molecular flexibility index (Phi) is 7.42. The van der Waals surface area contributed by atoms with Crippen molar-refractivity contribution >= 4 is 34.3 Å². The van der Waals surface area contributed by atoms with Crippen LogP contribution in [0.4, 0.5) is 5.69 Å². The molecule has 0 saturated carbocycles. The molecular weight excluding hydrogens is 468 g/mol. The van der Waals surface area contributed by atoms with E-state index in [0.29, 0.717) is 34.3 Å². The number of rotatable bonds is 9. The van der Waals surface area contributed by atoms with Gasteiger partial charge < -0.3 is 5.32 Å².